The van der Waals surface area contributed by atoms with Gasteiger partial charge in [-0.15, -0.1) is 0 Å². The molecule has 4 saturated heterocycles. The van der Waals surface area contributed by atoms with Gasteiger partial charge in [-0.05, 0) is 0 Å². The summed E-state index contributed by atoms with van der Waals surface area (Å²) in [6.07, 6.45) is 0. The lowest BCUT2D eigenvalue weighted by molar-refractivity contribution is -0.289. The number of hydrogen-bond donors (Lipinski definition) is 0. The molecule has 2 bridgehead atoms. The van der Waals surface area contributed by atoms with Crippen LogP contribution in [-0.4, -0.2) is 60.4 Å². The molecule has 0 atom stereocenters. The molecular weight excluding hydrogens is 188 g/mol. The van der Waals surface area contributed by atoms with Crippen LogP contribution in [0.1, 0.15) is 0 Å². The first-order valence-corrected chi connectivity index (χ1v) is 4.63. The summed E-state index contributed by atoms with van der Waals surface area (Å²) in [7, 11) is 0. The van der Waals surface area contributed by atoms with Gasteiger partial charge >= 0.3 is 17.8 Å². The van der Waals surface area contributed by atoms with E-state index in [4.69, 9.17) is 9.47 Å². The molecule has 0 radical (unpaired) electrons. The van der Waals surface area contributed by atoms with E-state index in [9.17, 15) is 9.59 Å². The first kappa shape index (κ1) is 8.19. The molecule has 0 unspecified atom stereocenters. The molecule has 0 aliphatic carbocycles. The maximum absolute atomic E-state index is 11.0. The molecule has 0 N–H and O–H groups in total. The highest BCUT2D eigenvalue weighted by Gasteiger charge is 2.57. The Morgan fingerprint density at radius 1 is 1.00 bits per heavy atom. The van der Waals surface area contributed by atoms with Crippen molar-refractivity contribution in [3.63, 3.8) is 0 Å². The third-order valence-electron chi connectivity index (χ3n) is 2.95. The molecule has 0 saturated carbocycles. The maximum atomic E-state index is 11.0. The third kappa shape index (κ3) is 0.921. The standard InChI is InChI=1S/C8H10N2O4/c11-6-7(12)14-8(13-6)5-9-1-3-10(8)4-2-9/h1-5H2. The zero-order chi connectivity index (χ0) is 9.76. The van der Waals surface area contributed by atoms with Crippen molar-refractivity contribution in [3.05, 3.63) is 0 Å². The molecule has 0 aromatic carbocycles. The Kier molecular flexibility index (Phi) is 1.44. The smallest absolute Gasteiger partial charge is 0.398 e. The summed E-state index contributed by atoms with van der Waals surface area (Å²) in [5, 5.41) is 0. The lowest BCUT2D eigenvalue weighted by atomic mass is 10.2. The van der Waals surface area contributed by atoms with Crippen LogP contribution in [0.3, 0.4) is 0 Å². The number of ether oxygens (including phenoxy) is 2. The molecule has 0 aromatic heterocycles. The van der Waals surface area contributed by atoms with Gasteiger partial charge in [0.1, 0.15) is 0 Å². The predicted molar refractivity (Wildman–Crippen MR) is 42.9 cm³/mol. The van der Waals surface area contributed by atoms with E-state index in [0.29, 0.717) is 6.54 Å². The molecule has 4 fully saturated rings. The van der Waals surface area contributed by atoms with Crippen molar-refractivity contribution in [3.8, 4) is 0 Å². The molecule has 4 aliphatic heterocycles. The topological polar surface area (TPSA) is 59.1 Å². The van der Waals surface area contributed by atoms with Crippen LogP contribution >= 0.6 is 0 Å². The van der Waals surface area contributed by atoms with Gasteiger partial charge in [0, 0.05) is 26.2 Å². The van der Waals surface area contributed by atoms with Crippen LogP contribution in [-0.2, 0) is 19.1 Å². The number of carbonyl (C=O) groups is 2. The third-order valence-corrected chi connectivity index (χ3v) is 2.95. The molecule has 4 aliphatic rings. The molecule has 0 aromatic rings. The normalized spacial score (nSPS) is 38.6. The van der Waals surface area contributed by atoms with Gasteiger partial charge < -0.3 is 9.47 Å². The van der Waals surface area contributed by atoms with Crippen LogP contribution in [0.2, 0.25) is 0 Å². The van der Waals surface area contributed by atoms with Crippen molar-refractivity contribution in [2.24, 2.45) is 0 Å². The van der Waals surface area contributed by atoms with Crippen LogP contribution in [0.4, 0.5) is 0 Å². The van der Waals surface area contributed by atoms with Crippen LogP contribution in [0, 0.1) is 0 Å². The Morgan fingerprint density at radius 2 is 1.57 bits per heavy atom. The minimum atomic E-state index is -1.11. The molecule has 4 heterocycles. The van der Waals surface area contributed by atoms with E-state index in [0.717, 1.165) is 26.2 Å². The number of hydrogen-bond acceptors (Lipinski definition) is 6. The van der Waals surface area contributed by atoms with Gasteiger partial charge in [-0.1, -0.05) is 0 Å². The monoisotopic (exact) mass is 198 g/mol. The lowest BCUT2D eigenvalue weighted by Gasteiger charge is -2.49. The Labute approximate surface area is 80.3 Å². The number of rotatable bonds is 0. The zero-order valence-corrected chi connectivity index (χ0v) is 7.56. The van der Waals surface area contributed by atoms with Crippen molar-refractivity contribution in [2.45, 2.75) is 5.91 Å². The summed E-state index contributed by atoms with van der Waals surface area (Å²) in [6.45, 7) is 3.92. The molecule has 0 amide bonds. The minimum Gasteiger partial charge on any atom is -0.398 e. The molecular formula is C8H10N2O4. The summed E-state index contributed by atoms with van der Waals surface area (Å²) >= 11 is 0. The highest BCUT2D eigenvalue weighted by molar-refractivity contribution is 6.31. The van der Waals surface area contributed by atoms with E-state index in [1.165, 1.54) is 0 Å². The van der Waals surface area contributed by atoms with Crippen LogP contribution in [0.25, 0.3) is 0 Å². The number of fused-ring (bicyclic) bond motifs is 2. The molecule has 6 nitrogen and oxygen atoms in total. The quantitative estimate of drug-likeness (QED) is 0.344. The predicted octanol–water partition coefficient (Wildman–Crippen LogP) is -1.63. The molecule has 14 heavy (non-hydrogen) atoms. The van der Waals surface area contributed by atoms with Crippen LogP contribution in [0.5, 0.6) is 0 Å². The number of carbonyl (C=O) groups excluding carboxylic acids is 2. The van der Waals surface area contributed by atoms with Crippen molar-refractivity contribution in [1.29, 1.82) is 0 Å². The first-order chi connectivity index (χ1) is 6.70. The van der Waals surface area contributed by atoms with Crippen LogP contribution < -0.4 is 0 Å². The van der Waals surface area contributed by atoms with E-state index in [2.05, 4.69) is 4.90 Å². The van der Waals surface area contributed by atoms with E-state index in [-0.39, 0.29) is 0 Å². The van der Waals surface area contributed by atoms with Gasteiger partial charge in [0.15, 0.2) is 0 Å². The number of piperazine rings is 3. The summed E-state index contributed by atoms with van der Waals surface area (Å²) in [4.78, 5) is 26.0. The first-order valence-electron chi connectivity index (χ1n) is 4.63. The van der Waals surface area contributed by atoms with Crippen LogP contribution in [0.15, 0.2) is 0 Å². The second-order valence-electron chi connectivity index (χ2n) is 3.75. The highest BCUT2D eigenvalue weighted by atomic mass is 16.8. The highest BCUT2D eigenvalue weighted by Crippen LogP contribution is 2.32. The van der Waals surface area contributed by atoms with Crippen molar-refractivity contribution < 1.29 is 19.1 Å². The molecule has 6 heteroatoms. The van der Waals surface area contributed by atoms with E-state index < -0.39 is 17.8 Å². The zero-order valence-electron chi connectivity index (χ0n) is 7.56. The Hall–Kier alpha value is -1.14. The van der Waals surface area contributed by atoms with Gasteiger partial charge in [0.05, 0.1) is 6.54 Å². The second-order valence-corrected chi connectivity index (χ2v) is 3.75. The van der Waals surface area contributed by atoms with Gasteiger partial charge in [-0.3, -0.25) is 4.90 Å². The average molecular weight is 198 g/mol. The Morgan fingerprint density at radius 3 is 2.00 bits per heavy atom. The Bertz CT molecular complexity index is 292. The lowest BCUT2D eigenvalue weighted by Crippen LogP contribution is -2.69. The summed E-state index contributed by atoms with van der Waals surface area (Å²) in [6, 6.07) is 0. The largest absolute Gasteiger partial charge is 0.421 e. The Balaban J connectivity index is 1.91. The number of nitrogens with zero attached hydrogens (tertiary/aromatic N) is 2. The van der Waals surface area contributed by atoms with E-state index in [1.807, 2.05) is 4.90 Å². The molecule has 4 rings (SSSR count). The summed E-state index contributed by atoms with van der Waals surface area (Å²) < 4.78 is 10.0. The van der Waals surface area contributed by atoms with Gasteiger partial charge in [0.2, 0.25) is 0 Å². The fourth-order valence-corrected chi connectivity index (χ4v) is 2.22. The fraction of sp³-hybridized carbons (Fsp3) is 0.750. The maximum Gasteiger partial charge on any atom is 0.421 e. The van der Waals surface area contributed by atoms with Crippen molar-refractivity contribution >= 4 is 11.9 Å². The van der Waals surface area contributed by atoms with Gasteiger partial charge in [0.25, 0.3) is 0 Å². The van der Waals surface area contributed by atoms with Crippen molar-refractivity contribution in [1.82, 2.24) is 9.80 Å². The average Bonchev–Trinajstić information content (AvgIpc) is 2.43. The van der Waals surface area contributed by atoms with Gasteiger partial charge in [-0.2, -0.15) is 0 Å². The fourth-order valence-electron chi connectivity index (χ4n) is 2.22. The minimum absolute atomic E-state index is 0.477. The summed E-state index contributed by atoms with van der Waals surface area (Å²) in [5.74, 6) is -2.86. The summed E-state index contributed by atoms with van der Waals surface area (Å²) in [5.41, 5.74) is 0. The second kappa shape index (κ2) is 2.46. The van der Waals surface area contributed by atoms with E-state index in [1.54, 1.807) is 0 Å². The number of esters is 2. The molecule has 1 spiro atoms. The van der Waals surface area contributed by atoms with E-state index >= 15 is 0 Å². The molecule has 76 valence electrons. The van der Waals surface area contributed by atoms with Gasteiger partial charge in [-0.25, -0.2) is 14.5 Å². The SMILES string of the molecule is O=C1OC2(CN3CCN2CC3)OC1=O. The van der Waals surface area contributed by atoms with Crippen molar-refractivity contribution in [2.75, 3.05) is 32.7 Å².